The average molecular weight is 592 g/mol. The Labute approximate surface area is 255 Å². The van der Waals surface area contributed by atoms with E-state index < -0.39 is 5.60 Å². The molecule has 0 spiro atoms. The predicted octanol–water partition coefficient (Wildman–Crippen LogP) is 6.92. The number of benzene rings is 3. The zero-order valence-corrected chi connectivity index (χ0v) is 25.3. The highest BCUT2D eigenvalue weighted by Crippen LogP contribution is 2.35. The molecule has 0 aliphatic carbocycles. The molecule has 0 saturated heterocycles. The summed E-state index contributed by atoms with van der Waals surface area (Å²) in [4.78, 5) is 26.3. The van der Waals surface area contributed by atoms with Crippen LogP contribution in [-0.4, -0.2) is 38.2 Å². The topological polar surface area (TPSA) is 121 Å². The van der Waals surface area contributed by atoms with Gasteiger partial charge in [-0.05, 0) is 69.5 Å². The largest absolute Gasteiger partial charge is 0.493 e. The zero-order chi connectivity index (χ0) is 31.3. The van der Waals surface area contributed by atoms with Crippen molar-refractivity contribution in [2.45, 2.75) is 52.7 Å². The standard InChI is InChI=1S/C34H33N5O5/c1-22-36-30-31(39(22)21-24-10-7-6-8-11-24)37-33(43-28-19-25(20-35)14-16-27(28)41-5)38-32(30)42-26-13-9-12-23(18-26)15-17-29(40)44-34(2,3)4/h6-14,16,18-19H,15,17,21H2,1-5H3. The summed E-state index contributed by atoms with van der Waals surface area (Å²) in [6.45, 7) is 7.95. The van der Waals surface area contributed by atoms with Gasteiger partial charge in [0.05, 0.1) is 25.3 Å². The molecule has 0 unspecified atom stereocenters. The van der Waals surface area contributed by atoms with Gasteiger partial charge >= 0.3 is 12.0 Å². The van der Waals surface area contributed by atoms with Crippen molar-refractivity contribution in [3.05, 3.63) is 95.3 Å². The second kappa shape index (κ2) is 12.8. The lowest BCUT2D eigenvalue weighted by Crippen LogP contribution is -2.24. The van der Waals surface area contributed by atoms with Gasteiger partial charge in [0, 0.05) is 12.5 Å². The molecule has 0 amide bonds. The molecular formula is C34H33N5O5. The van der Waals surface area contributed by atoms with Crippen molar-refractivity contribution in [3.63, 3.8) is 0 Å². The van der Waals surface area contributed by atoms with Gasteiger partial charge in [-0.25, -0.2) is 4.98 Å². The van der Waals surface area contributed by atoms with E-state index >= 15 is 0 Å². The van der Waals surface area contributed by atoms with E-state index in [4.69, 9.17) is 28.9 Å². The molecule has 0 saturated carbocycles. The predicted molar refractivity (Wildman–Crippen MR) is 164 cm³/mol. The number of aryl methyl sites for hydroxylation is 2. The number of nitriles is 1. The van der Waals surface area contributed by atoms with Crippen LogP contribution < -0.4 is 14.2 Å². The fourth-order valence-electron chi connectivity index (χ4n) is 4.58. The van der Waals surface area contributed by atoms with E-state index in [1.54, 1.807) is 24.3 Å². The van der Waals surface area contributed by atoms with Crippen LogP contribution in [0.1, 0.15) is 49.7 Å². The van der Waals surface area contributed by atoms with Crippen molar-refractivity contribution >= 4 is 17.1 Å². The van der Waals surface area contributed by atoms with E-state index in [9.17, 15) is 10.1 Å². The first-order valence-electron chi connectivity index (χ1n) is 14.2. The van der Waals surface area contributed by atoms with E-state index in [1.165, 1.54) is 7.11 Å². The molecule has 0 bridgehead atoms. The number of methoxy groups -OCH3 is 1. The third kappa shape index (κ3) is 7.31. The maximum absolute atomic E-state index is 12.3. The number of ether oxygens (including phenoxy) is 4. The van der Waals surface area contributed by atoms with Gasteiger partial charge in [-0.2, -0.15) is 15.2 Å². The van der Waals surface area contributed by atoms with Crippen LogP contribution in [0.4, 0.5) is 0 Å². The second-order valence-electron chi connectivity index (χ2n) is 11.1. The Morgan fingerprint density at radius 1 is 0.909 bits per heavy atom. The van der Waals surface area contributed by atoms with Crippen molar-refractivity contribution in [2.75, 3.05) is 7.11 Å². The van der Waals surface area contributed by atoms with Crippen LogP contribution in [0.15, 0.2) is 72.8 Å². The van der Waals surface area contributed by atoms with Gasteiger partial charge < -0.3 is 23.5 Å². The molecular weight excluding hydrogens is 558 g/mol. The summed E-state index contributed by atoms with van der Waals surface area (Å²) in [5, 5.41) is 9.43. The number of rotatable bonds is 10. The lowest BCUT2D eigenvalue weighted by atomic mass is 10.1. The fourth-order valence-corrected chi connectivity index (χ4v) is 4.58. The summed E-state index contributed by atoms with van der Waals surface area (Å²) >= 11 is 0. The number of imidazole rings is 1. The third-order valence-corrected chi connectivity index (χ3v) is 6.56. The maximum Gasteiger partial charge on any atom is 0.327 e. The minimum absolute atomic E-state index is 0.00354. The van der Waals surface area contributed by atoms with E-state index in [2.05, 4.69) is 11.1 Å². The minimum atomic E-state index is -0.539. The highest BCUT2D eigenvalue weighted by atomic mass is 16.6. The monoisotopic (exact) mass is 591 g/mol. The van der Waals surface area contributed by atoms with Crippen LogP contribution >= 0.6 is 0 Å². The zero-order valence-electron chi connectivity index (χ0n) is 25.3. The number of hydrogen-bond acceptors (Lipinski definition) is 9. The van der Waals surface area contributed by atoms with Gasteiger partial charge in [-0.15, -0.1) is 0 Å². The molecule has 0 fully saturated rings. The maximum atomic E-state index is 12.3. The fraction of sp³-hybridized carbons (Fsp3) is 0.265. The van der Waals surface area contributed by atoms with Crippen molar-refractivity contribution in [1.82, 2.24) is 19.5 Å². The lowest BCUT2D eigenvalue weighted by molar-refractivity contribution is -0.154. The van der Waals surface area contributed by atoms with E-state index in [-0.39, 0.29) is 30.0 Å². The molecule has 0 aliphatic heterocycles. The number of hydrogen-bond donors (Lipinski definition) is 0. The average Bonchev–Trinajstić information content (AvgIpc) is 3.30. The molecule has 0 atom stereocenters. The molecule has 0 N–H and O–H groups in total. The molecule has 0 radical (unpaired) electrons. The summed E-state index contributed by atoms with van der Waals surface area (Å²) < 4.78 is 25.3. The highest BCUT2D eigenvalue weighted by Gasteiger charge is 2.21. The van der Waals surface area contributed by atoms with Crippen LogP contribution in [0.25, 0.3) is 11.2 Å². The summed E-state index contributed by atoms with van der Waals surface area (Å²) in [6, 6.07) is 24.4. The van der Waals surface area contributed by atoms with Gasteiger partial charge in [0.1, 0.15) is 17.2 Å². The van der Waals surface area contributed by atoms with E-state index in [0.717, 1.165) is 17.0 Å². The quantitative estimate of drug-likeness (QED) is 0.159. The number of carbonyl (C=O) groups is 1. The van der Waals surface area contributed by atoms with Gasteiger partial charge in [0.15, 0.2) is 22.7 Å². The molecule has 3 aromatic carbocycles. The van der Waals surface area contributed by atoms with Crippen molar-refractivity contribution in [1.29, 1.82) is 5.26 Å². The Morgan fingerprint density at radius 3 is 2.41 bits per heavy atom. The summed E-state index contributed by atoms with van der Waals surface area (Å²) in [7, 11) is 1.51. The molecule has 10 heteroatoms. The van der Waals surface area contributed by atoms with Gasteiger partial charge in [-0.3, -0.25) is 4.79 Å². The first-order chi connectivity index (χ1) is 21.1. The number of fused-ring (bicyclic) bond motifs is 1. The van der Waals surface area contributed by atoms with Gasteiger partial charge in [0.2, 0.25) is 0 Å². The summed E-state index contributed by atoms with van der Waals surface area (Å²) in [6.07, 6.45) is 0.725. The van der Waals surface area contributed by atoms with Crippen molar-refractivity contribution in [3.8, 4) is 35.2 Å². The van der Waals surface area contributed by atoms with Crippen LogP contribution in [0.3, 0.4) is 0 Å². The number of esters is 1. The molecule has 5 aromatic rings. The number of carbonyl (C=O) groups excluding carboxylic acids is 1. The van der Waals surface area contributed by atoms with Crippen molar-refractivity contribution in [2.24, 2.45) is 0 Å². The Morgan fingerprint density at radius 2 is 1.68 bits per heavy atom. The Balaban J connectivity index is 1.51. The molecule has 0 aliphatic rings. The van der Waals surface area contributed by atoms with Gasteiger partial charge in [0.25, 0.3) is 5.88 Å². The van der Waals surface area contributed by atoms with Crippen LogP contribution in [0, 0.1) is 18.3 Å². The first-order valence-corrected chi connectivity index (χ1v) is 14.2. The molecule has 224 valence electrons. The third-order valence-electron chi connectivity index (χ3n) is 6.56. The van der Waals surface area contributed by atoms with Gasteiger partial charge in [-0.1, -0.05) is 42.5 Å². The number of aromatic nitrogens is 4. The molecule has 5 rings (SSSR count). The smallest absolute Gasteiger partial charge is 0.327 e. The van der Waals surface area contributed by atoms with Crippen LogP contribution in [0.5, 0.6) is 29.1 Å². The lowest BCUT2D eigenvalue weighted by Gasteiger charge is -2.19. The second-order valence-corrected chi connectivity index (χ2v) is 11.1. The SMILES string of the molecule is COc1ccc(C#N)cc1Oc1nc(Oc2cccc(CCC(=O)OC(C)(C)C)c2)c2nc(C)n(Cc3ccccc3)c2n1. The molecule has 2 aromatic heterocycles. The van der Waals surface area contributed by atoms with E-state index in [1.807, 2.05) is 80.8 Å². The molecule has 10 nitrogen and oxygen atoms in total. The summed E-state index contributed by atoms with van der Waals surface area (Å²) in [5.41, 5.74) is 2.80. The summed E-state index contributed by atoms with van der Waals surface area (Å²) in [5.74, 6) is 1.86. The Hall–Kier alpha value is -5.43. The van der Waals surface area contributed by atoms with Crippen LogP contribution in [-0.2, 0) is 22.5 Å². The Kier molecular flexibility index (Phi) is 8.76. The van der Waals surface area contributed by atoms with Crippen LogP contribution in [0.2, 0.25) is 0 Å². The Bertz CT molecular complexity index is 1840. The normalized spacial score (nSPS) is 11.2. The molecule has 2 heterocycles. The molecule has 44 heavy (non-hydrogen) atoms. The van der Waals surface area contributed by atoms with Crippen molar-refractivity contribution < 1.29 is 23.7 Å². The highest BCUT2D eigenvalue weighted by molar-refractivity contribution is 5.78. The first kappa shape index (κ1) is 30.0. The van der Waals surface area contributed by atoms with E-state index in [0.29, 0.717) is 41.2 Å². The number of nitrogens with zero attached hydrogens (tertiary/aromatic N) is 5. The minimum Gasteiger partial charge on any atom is -0.493 e.